The van der Waals surface area contributed by atoms with E-state index in [2.05, 4.69) is 12.2 Å². The van der Waals surface area contributed by atoms with E-state index < -0.39 is 0 Å². The average molecular weight is 237 g/mol. The number of nitrogens with one attached hydrogen (secondary N) is 1. The standard InChI is InChI=1S/C14H20FNO/c1-2-16-9-11-6-7-14(15)12(8-11)10-17-13-4-3-5-13/h6-8,13,16H,2-5,9-10H2,1H3. The Morgan fingerprint density at radius 1 is 1.41 bits per heavy atom. The summed E-state index contributed by atoms with van der Waals surface area (Å²) >= 11 is 0. The number of rotatable bonds is 6. The third kappa shape index (κ3) is 3.51. The molecule has 1 N–H and O–H groups in total. The van der Waals surface area contributed by atoms with E-state index in [1.165, 1.54) is 12.5 Å². The second-order valence-electron chi connectivity index (χ2n) is 4.57. The molecule has 1 aliphatic carbocycles. The van der Waals surface area contributed by atoms with Gasteiger partial charge in [0.05, 0.1) is 12.7 Å². The molecule has 17 heavy (non-hydrogen) atoms. The van der Waals surface area contributed by atoms with Crippen molar-refractivity contribution in [1.82, 2.24) is 5.32 Å². The predicted molar refractivity (Wildman–Crippen MR) is 66.2 cm³/mol. The van der Waals surface area contributed by atoms with Crippen LogP contribution >= 0.6 is 0 Å². The van der Waals surface area contributed by atoms with Gasteiger partial charge in [0.1, 0.15) is 5.82 Å². The molecule has 0 atom stereocenters. The van der Waals surface area contributed by atoms with Crippen LogP contribution < -0.4 is 5.32 Å². The minimum absolute atomic E-state index is 0.162. The summed E-state index contributed by atoms with van der Waals surface area (Å²) < 4.78 is 19.2. The average Bonchev–Trinajstić information content (AvgIpc) is 2.27. The zero-order chi connectivity index (χ0) is 12.1. The van der Waals surface area contributed by atoms with Crippen molar-refractivity contribution in [1.29, 1.82) is 0 Å². The fourth-order valence-corrected chi connectivity index (χ4v) is 1.86. The van der Waals surface area contributed by atoms with Crippen LogP contribution in [-0.2, 0) is 17.9 Å². The number of hydrogen-bond acceptors (Lipinski definition) is 2. The second-order valence-corrected chi connectivity index (χ2v) is 4.57. The van der Waals surface area contributed by atoms with Crippen LogP contribution in [0.5, 0.6) is 0 Å². The maximum absolute atomic E-state index is 13.6. The van der Waals surface area contributed by atoms with Crippen LogP contribution in [-0.4, -0.2) is 12.6 Å². The Balaban J connectivity index is 1.93. The molecule has 0 amide bonds. The Labute approximate surface area is 102 Å². The maximum atomic E-state index is 13.6. The Kier molecular flexibility index (Phi) is 4.51. The Hall–Kier alpha value is -0.930. The van der Waals surface area contributed by atoms with Gasteiger partial charge in [0.25, 0.3) is 0 Å². The van der Waals surface area contributed by atoms with Crippen LogP contribution in [0.3, 0.4) is 0 Å². The lowest BCUT2D eigenvalue weighted by atomic mass is 9.96. The normalized spacial score (nSPS) is 15.9. The molecule has 0 radical (unpaired) electrons. The lowest BCUT2D eigenvalue weighted by Crippen LogP contribution is -2.21. The SMILES string of the molecule is CCNCc1ccc(F)c(COC2CCC2)c1. The molecule has 0 aliphatic heterocycles. The summed E-state index contributed by atoms with van der Waals surface area (Å²) in [5.41, 5.74) is 1.78. The summed E-state index contributed by atoms with van der Waals surface area (Å²) in [6, 6.07) is 5.26. The molecule has 1 aromatic rings. The first-order valence-electron chi connectivity index (χ1n) is 6.39. The Bertz CT molecular complexity index is 363. The smallest absolute Gasteiger partial charge is 0.128 e. The minimum atomic E-state index is -0.162. The van der Waals surface area contributed by atoms with Gasteiger partial charge >= 0.3 is 0 Å². The fourth-order valence-electron chi connectivity index (χ4n) is 1.86. The molecule has 0 unspecified atom stereocenters. The van der Waals surface area contributed by atoms with Crippen LogP contribution in [0.4, 0.5) is 4.39 Å². The Morgan fingerprint density at radius 3 is 2.88 bits per heavy atom. The summed E-state index contributed by atoms with van der Waals surface area (Å²) in [6.45, 7) is 4.17. The highest BCUT2D eigenvalue weighted by molar-refractivity contribution is 5.24. The summed E-state index contributed by atoms with van der Waals surface area (Å²) in [6.07, 6.45) is 3.84. The van der Waals surface area contributed by atoms with E-state index in [0.717, 1.165) is 31.5 Å². The van der Waals surface area contributed by atoms with Gasteiger partial charge in [0.15, 0.2) is 0 Å². The molecule has 0 aromatic heterocycles. The van der Waals surface area contributed by atoms with Gasteiger partial charge in [-0.3, -0.25) is 0 Å². The second kappa shape index (κ2) is 6.12. The van der Waals surface area contributed by atoms with Crippen molar-refractivity contribution in [3.63, 3.8) is 0 Å². The summed E-state index contributed by atoms with van der Waals surface area (Å²) in [5.74, 6) is -0.162. The molecule has 1 saturated carbocycles. The molecule has 2 rings (SSSR count). The molecular weight excluding hydrogens is 217 g/mol. The van der Waals surface area contributed by atoms with Gasteiger partial charge in [-0.1, -0.05) is 13.0 Å². The number of hydrogen-bond donors (Lipinski definition) is 1. The molecule has 0 bridgehead atoms. The highest BCUT2D eigenvalue weighted by Crippen LogP contribution is 2.23. The molecular formula is C14H20FNO. The van der Waals surface area contributed by atoms with Crippen LogP contribution in [0.15, 0.2) is 18.2 Å². The molecule has 0 saturated heterocycles. The third-order valence-electron chi connectivity index (χ3n) is 3.22. The van der Waals surface area contributed by atoms with Gasteiger partial charge in [0.2, 0.25) is 0 Å². The highest BCUT2D eigenvalue weighted by Gasteiger charge is 2.18. The number of benzene rings is 1. The van der Waals surface area contributed by atoms with Gasteiger partial charge in [-0.15, -0.1) is 0 Å². The van der Waals surface area contributed by atoms with Crippen LogP contribution in [0.25, 0.3) is 0 Å². The van der Waals surface area contributed by atoms with Crippen molar-refractivity contribution in [2.45, 2.75) is 45.4 Å². The molecule has 1 fully saturated rings. The number of halogens is 1. The van der Waals surface area contributed by atoms with Crippen LogP contribution in [0, 0.1) is 5.82 Å². The first-order chi connectivity index (χ1) is 8.29. The van der Waals surface area contributed by atoms with E-state index in [1.807, 2.05) is 12.1 Å². The van der Waals surface area contributed by atoms with Gasteiger partial charge in [-0.2, -0.15) is 0 Å². The summed E-state index contributed by atoms with van der Waals surface area (Å²) in [5, 5.41) is 3.24. The van der Waals surface area contributed by atoms with Crippen LogP contribution in [0.1, 0.15) is 37.3 Å². The monoisotopic (exact) mass is 237 g/mol. The van der Waals surface area contributed by atoms with E-state index in [0.29, 0.717) is 18.3 Å². The van der Waals surface area contributed by atoms with E-state index >= 15 is 0 Å². The maximum Gasteiger partial charge on any atom is 0.128 e. The molecule has 0 spiro atoms. The van der Waals surface area contributed by atoms with Crippen molar-refractivity contribution in [2.75, 3.05) is 6.54 Å². The van der Waals surface area contributed by atoms with Crippen molar-refractivity contribution >= 4 is 0 Å². The summed E-state index contributed by atoms with van der Waals surface area (Å²) in [4.78, 5) is 0. The van der Waals surface area contributed by atoms with Crippen LogP contribution in [0.2, 0.25) is 0 Å². The largest absolute Gasteiger partial charge is 0.373 e. The minimum Gasteiger partial charge on any atom is -0.373 e. The molecule has 1 aliphatic rings. The number of ether oxygens (including phenoxy) is 1. The highest BCUT2D eigenvalue weighted by atomic mass is 19.1. The van der Waals surface area contributed by atoms with E-state index in [4.69, 9.17) is 4.74 Å². The first kappa shape index (κ1) is 12.5. The van der Waals surface area contributed by atoms with Gasteiger partial charge in [0, 0.05) is 12.1 Å². The zero-order valence-electron chi connectivity index (χ0n) is 10.3. The van der Waals surface area contributed by atoms with E-state index in [1.54, 1.807) is 0 Å². The fraction of sp³-hybridized carbons (Fsp3) is 0.571. The van der Waals surface area contributed by atoms with Gasteiger partial charge in [-0.25, -0.2) is 4.39 Å². The lowest BCUT2D eigenvalue weighted by Gasteiger charge is -2.25. The molecule has 3 heteroatoms. The van der Waals surface area contributed by atoms with Crippen molar-refractivity contribution in [2.24, 2.45) is 0 Å². The first-order valence-corrected chi connectivity index (χ1v) is 6.39. The van der Waals surface area contributed by atoms with Crippen molar-refractivity contribution in [3.8, 4) is 0 Å². The van der Waals surface area contributed by atoms with E-state index in [9.17, 15) is 4.39 Å². The Morgan fingerprint density at radius 2 is 2.24 bits per heavy atom. The van der Waals surface area contributed by atoms with Crippen molar-refractivity contribution in [3.05, 3.63) is 35.1 Å². The lowest BCUT2D eigenvalue weighted by molar-refractivity contribution is -0.00978. The molecule has 94 valence electrons. The van der Waals surface area contributed by atoms with Crippen molar-refractivity contribution < 1.29 is 9.13 Å². The topological polar surface area (TPSA) is 21.3 Å². The zero-order valence-corrected chi connectivity index (χ0v) is 10.3. The summed E-state index contributed by atoms with van der Waals surface area (Å²) in [7, 11) is 0. The molecule has 0 heterocycles. The quantitative estimate of drug-likeness (QED) is 0.821. The molecule has 1 aromatic carbocycles. The van der Waals surface area contributed by atoms with E-state index in [-0.39, 0.29) is 5.82 Å². The molecule has 2 nitrogen and oxygen atoms in total. The van der Waals surface area contributed by atoms with Gasteiger partial charge in [-0.05, 0) is 43.5 Å². The predicted octanol–water partition coefficient (Wildman–Crippen LogP) is 3.00. The third-order valence-corrected chi connectivity index (χ3v) is 3.22. The van der Waals surface area contributed by atoms with Gasteiger partial charge < -0.3 is 10.1 Å².